The molecule has 0 saturated heterocycles. The first-order valence-corrected chi connectivity index (χ1v) is 6.63. The van der Waals surface area contributed by atoms with E-state index >= 15 is 0 Å². The van der Waals surface area contributed by atoms with Gasteiger partial charge in [0, 0.05) is 5.69 Å². The zero-order valence-electron chi connectivity index (χ0n) is 12.4. The maximum Gasteiger partial charge on any atom is 0.420 e. The van der Waals surface area contributed by atoms with Gasteiger partial charge < -0.3 is 10.5 Å². The fourth-order valence-electron chi connectivity index (χ4n) is 2.06. The summed E-state index contributed by atoms with van der Waals surface area (Å²) in [6, 6.07) is 3.07. The third-order valence-corrected chi connectivity index (χ3v) is 3.17. The average molecular weight is 389 g/mol. The molecule has 0 radical (unpaired) electrons. The van der Waals surface area contributed by atoms with E-state index in [0.717, 1.165) is 12.1 Å². The van der Waals surface area contributed by atoms with E-state index in [9.17, 15) is 39.5 Å². The Morgan fingerprint density at radius 1 is 0.615 bits per heavy atom. The molecule has 0 saturated carbocycles. The van der Waals surface area contributed by atoms with Crippen molar-refractivity contribution in [3.05, 3.63) is 53.1 Å². The molecule has 0 amide bonds. The standard InChI is InChI=1S/C15H8F9NO/c16-13(17,18)7-3-1-2-4-11(7)26-12-6-8(14(19,20)21)10(25)5-9(12)15(22,23)24/h1-6H,25H2. The summed E-state index contributed by atoms with van der Waals surface area (Å²) in [5.74, 6) is -2.53. The molecule has 0 aliphatic carbocycles. The van der Waals surface area contributed by atoms with Crippen LogP contribution in [0.25, 0.3) is 0 Å². The van der Waals surface area contributed by atoms with Crippen LogP contribution in [0.5, 0.6) is 11.5 Å². The van der Waals surface area contributed by atoms with Gasteiger partial charge in [-0.1, -0.05) is 12.1 Å². The van der Waals surface area contributed by atoms with E-state index in [0.29, 0.717) is 12.1 Å². The van der Waals surface area contributed by atoms with Gasteiger partial charge in [-0.15, -0.1) is 0 Å². The summed E-state index contributed by atoms with van der Waals surface area (Å²) in [4.78, 5) is 0. The molecule has 26 heavy (non-hydrogen) atoms. The van der Waals surface area contributed by atoms with Crippen LogP contribution in [0.4, 0.5) is 45.2 Å². The van der Waals surface area contributed by atoms with Gasteiger partial charge in [0.25, 0.3) is 0 Å². The number of hydrogen-bond acceptors (Lipinski definition) is 2. The van der Waals surface area contributed by atoms with Crippen molar-refractivity contribution in [3.63, 3.8) is 0 Å². The molecule has 0 bridgehead atoms. The van der Waals surface area contributed by atoms with Gasteiger partial charge in [0.2, 0.25) is 0 Å². The Hall–Kier alpha value is -2.59. The molecule has 0 unspecified atom stereocenters. The quantitative estimate of drug-likeness (QED) is 0.496. The van der Waals surface area contributed by atoms with E-state index in [1.165, 1.54) is 0 Å². The van der Waals surface area contributed by atoms with E-state index in [2.05, 4.69) is 4.74 Å². The summed E-state index contributed by atoms with van der Waals surface area (Å²) in [5.41, 5.74) is -1.07. The topological polar surface area (TPSA) is 35.2 Å². The maximum absolute atomic E-state index is 13.1. The Kier molecular flexibility index (Phi) is 4.77. The molecular weight excluding hydrogens is 381 g/mol. The Morgan fingerprint density at radius 3 is 1.62 bits per heavy atom. The smallest absolute Gasteiger partial charge is 0.420 e. The normalized spacial score (nSPS) is 13.0. The second kappa shape index (κ2) is 6.29. The molecular formula is C15H8F9NO. The fourth-order valence-corrected chi connectivity index (χ4v) is 2.06. The lowest BCUT2D eigenvalue weighted by Crippen LogP contribution is -2.14. The minimum Gasteiger partial charge on any atom is -0.456 e. The van der Waals surface area contributed by atoms with E-state index in [4.69, 9.17) is 5.73 Å². The lowest BCUT2D eigenvalue weighted by molar-refractivity contribution is -0.142. The molecule has 2 nitrogen and oxygen atoms in total. The second-order valence-electron chi connectivity index (χ2n) is 5.03. The molecule has 0 aromatic heterocycles. The van der Waals surface area contributed by atoms with Crippen molar-refractivity contribution in [2.75, 3.05) is 5.73 Å². The first-order chi connectivity index (χ1) is 11.7. The molecule has 2 rings (SSSR count). The highest BCUT2D eigenvalue weighted by atomic mass is 19.4. The van der Waals surface area contributed by atoms with Gasteiger partial charge in [0.15, 0.2) is 0 Å². The molecule has 0 spiro atoms. The number of para-hydroxylation sites is 1. The van der Waals surface area contributed by atoms with Crippen LogP contribution in [0.3, 0.4) is 0 Å². The molecule has 0 atom stereocenters. The summed E-state index contributed by atoms with van der Waals surface area (Å²) in [7, 11) is 0. The molecule has 142 valence electrons. The molecule has 11 heteroatoms. The minimum atomic E-state index is -5.21. The Morgan fingerprint density at radius 2 is 1.12 bits per heavy atom. The van der Waals surface area contributed by atoms with Gasteiger partial charge >= 0.3 is 18.5 Å². The number of hydrogen-bond donors (Lipinski definition) is 1. The van der Waals surface area contributed by atoms with Crippen molar-refractivity contribution in [2.24, 2.45) is 0 Å². The number of ether oxygens (including phenoxy) is 1. The highest BCUT2D eigenvalue weighted by Gasteiger charge is 2.41. The minimum absolute atomic E-state index is 0.0334. The zero-order chi connectivity index (χ0) is 19.9. The summed E-state index contributed by atoms with van der Waals surface area (Å²) in [6.45, 7) is 0. The summed E-state index contributed by atoms with van der Waals surface area (Å²) < 4.78 is 121. The van der Waals surface area contributed by atoms with Crippen LogP contribution in [0, 0.1) is 0 Å². The Bertz CT molecular complexity index is 806. The second-order valence-corrected chi connectivity index (χ2v) is 5.03. The first-order valence-electron chi connectivity index (χ1n) is 6.63. The fraction of sp³-hybridized carbons (Fsp3) is 0.200. The number of rotatable bonds is 2. The van der Waals surface area contributed by atoms with Crippen molar-refractivity contribution in [2.45, 2.75) is 18.5 Å². The van der Waals surface area contributed by atoms with Crippen LogP contribution < -0.4 is 10.5 Å². The Labute approximate surface area is 140 Å². The average Bonchev–Trinajstić information content (AvgIpc) is 2.46. The van der Waals surface area contributed by atoms with Crippen molar-refractivity contribution >= 4 is 5.69 Å². The van der Waals surface area contributed by atoms with Crippen molar-refractivity contribution < 1.29 is 44.3 Å². The van der Waals surface area contributed by atoms with E-state index < -0.39 is 52.4 Å². The number of anilines is 1. The third kappa shape index (κ3) is 4.14. The van der Waals surface area contributed by atoms with Gasteiger partial charge in [0.05, 0.1) is 11.1 Å². The monoisotopic (exact) mass is 389 g/mol. The third-order valence-electron chi connectivity index (χ3n) is 3.17. The van der Waals surface area contributed by atoms with E-state index in [1.54, 1.807) is 0 Å². The molecule has 0 aliphatic rings. The maximum atomic E-state index is 13.1. The number of nitrogen functional groups attached to an aromatic ring is 1. The van der Waals surface area contributed by atoms with Gasteiger partial charge in [0.1, 0.15) is 17.1 Å². The highest BCUT2D eigenvalue weighted by Crippen LogP contribution is 2.46. The molecule has 2 aromatic rings. The van der Waals surface area contributed by atoms with Gasteiger partial charge in [-0.3, -0.25) is 0 Å². The predicted molar refractivity (Wildman–Crippen MR) is 72.4 cm³/mol. The predicted octanol–water partition coefficient (Wildman–Crippen LogP) is 6.12. The van der Waals surface area contributed by atoms with Gasteiger partial charge in [-0.2, -0.15) is 39.5 Å². The molecule has 2 N–H and O–H groups in total. The van der Waals surface area contributed by atoms with Crippen LogP contribution in [0.2, 0.25) is 0 Å². The van der Waals surface area contributed by atoms with Crippen LogP contribution in [-0.2, 0) is 18.5 Å². The lowest BCUT2D eigenvalue weighted by atomic mass is 10.1. The number of benzene rings is 2. The summed E-state index contributed by atoms with van der Waals surface area (Å²) in [6.07, 6.45) is -15.3. The van der Waals surface area contributed by atoms with Crippen molar-refractivity contribution in [1.29, 1.82) is 0 Å². The Balaban J connectivity index is 2.66. The molecule has 0 heterocycles. The molecule has 2 aromatic carbocycles. The van der Waals surface area contributed by atoms with Gasteiger partial charge in [-0.05, 0) is 24.3 Å². The number of halogens is 9. The number of nitrogens with two attached hydrogens (primary N) is 1. The summed E-state index contributed by atoms with van der Waals surface area (Å²) >= 11 is 0. The van der Waals surface area contributed by atoms with Crippen LogP contribution >= 0.6 is 0 Å². The first kappa shape index (κ1) is 19.7. The summed E-state index contributed by atoms with van der Waals surface area (Å²) in [5, 5.41) is 0. The van der Waals surface area contributed by atoms with Crippen molar-refractivity contribution in [3.8, 4) is 11.5 Å². The van der Waals surface area contributed by atoms with E-state index in [1.807, 2.05) is 0 Å². The van der Waals surface area contributed by atoms with Crippen LogP contribution in [0.1, 0.15) is 16.7 Å². The van der Waals surface area contributed by atoms with Crippen LogP contribution in [0.15, 0.2) is 36.4 Å². The largest absolute Gasteiger partial charge is 0.456 e. The number of alkyl halides is 9. The highest BCUT2D eigenvalue weighted by molar-refractivity contribution is 5.58. The SMILES string of the molecule is Nc1cc(C(F)(F)F)c(Oc2ccccc2C(F)(F)F)cc1C(F)(F)F. The zero-order valence-corrected chi connectivity index (χ0v) is 12.4. The van der Waals surface area contributed by atoms with Gasteiger partial charge in [-0.25, -0.2) is 0 Å². The molecule has 0 aliphatic heterocycles. The lowest BCUT2D eigenvalue weighted by Gasteiger charge is -2.19. The van der Waals surface area contributed by atoms with Crippen molar-refractivity contribution in [1.82, 2.24) is 0 Å². The van der Waals surface area contributed by atoms with Crippen LogP contribution in [-0.4, -0.2) is 0 Å². The van der Waals surface area contributed by atoms with E-state index in [-0.39, 0.29) is 12.1 Å². The molecule has 0 fully saturated rings.